The number of carbonyl (C=O) groups excluding carboxylic acids is 4. The maximum Gasteiger partial charge on any atom is 0.249 e. The standard InChI is InChI=1S/C44H47F2N9O6S/c1-2-21-62(60,61)52-35-9-8-34(45)40(41(35)46)42(58)33-25-49-43-32(33)22-30(24-48-43)29-5-11-37(47-23-29)54-17-19-55(20-18-54)39(57)26-53-15-13-28(14-16-53)27-3-6-31(7-4-27)50-36-10-12-38(56)51-44(36)59/h3-9,11,22-25,28,36,50,52H,2,10,12-21,26H2,1H3,(H,48,49)(H,51,56,59). The minimum Gasteiger partial charge on any atom is -0.374 e. The Morgan fingerprint density at radius 3 is 2.32 bits per heavy atom. The highest BCUT2D eigenvalue weighted by molar-refractivity contribution is 7.92. The third-order valence-electron chi connectivity index (χ3n) is 11.8. The lowest BCUT2D eigenvalue weighted by Crippen LogP contribution is -2.52. The summed E-state index contributed by atoms with van der Waals surface area (Å²) in [5, 5.41) is 5.92. The number of hydrogen-bond donors (Lipinski definition) is 4. The SMILES string of the molecule is CCCS(=O)(=O)Nc1ccc(F)c(C(=O)c2c[nH]c3ncc(-c4ccc(N5CCN(C(=O)CN6CCC(c7ccc(NC8CCC(=O)NC8=O)cc7)CC6)CC5)nc4)cc23)c1F. The van der Waals surface area contributed by atoms with Gasteiger partial charge in [0.2, 0.25) is 33.5 Å². The summed E-state index contributed by atoms with van der Waals surface area (Å²) in [4.78, 5) is 68.7. The molecule has 5 aromatic rings. The zero-order chi connectivity index (χ0) is 43.5. The van der Waals surface area contributed by atoms with Gasteiger partial charge in [0, 0.05) is 79.0 Å². The highest BCUT2D eigenvalue weighted by Gasteiger charge is 2.29. The maximum absolute atomic E-state index is 15.5. The fourth-order valence-electron chi connectivity index (χ4n) is 8.34. The van der Waals surface area contributed by atoms with Crippen LogP contribution in [-0.4, -0.2) is 114 Å². The number of nitrogens with zero attached hydrogens (tertiary/aromatic N) is 5. The molecule has 6 heterocycles. The molecule has 4 N–H and O–H groups in total. The van der Waals surface area contributed by atoms with E-state index in [-0.39, 0.29) is 35.5 Å². The largest absolute Gasteiger partial charge is 0.374 e. The van der Waals surface area contributed by atoms with Gasteiger partial charge in [-0.3, -0.25) is 34.1 Å². The van der Waals surface area contributed by atoms with Crippen LogP contribution >= 0.6 is 0 Å². The molecule has 3 aliphatic rings. The van der Waals surface area contributed by atoms with Crippen molar-refractivity contribution in [1.29, 1.82) is 0 Å². The first-order valence-corrected chi connectivity index (χ1v) is 22.4. The number of nitrogens with one attached hydrogen (secondary N) is 4. The van der Waals surface area contributed by atoms with E-state index in [1.807, 2.05) is 29.2 Å². The molecule has 324 valence electrons. The van der Waals surface area contributed by atoms with Crippen LogP contribution in [0.4, 0.5) is 26.0 Å². The van der Waals surface area contributed by atoms with Gasteiger partial charge in [0.25, 0.3) is 0 Å². The number of piperidine rings is 2. The van der Waals surface area contributed by atoms with E-state index in [4.69, 9.17) is 0 Å². The Labute approximate surface area is 357 Å². The zero-order valence-corrected chi connectivity index (χ0v) is 34.9. The molecule has 0 radical (unpaired) electrons. The molecule has 3 saturated heterocycles. The molecule has 18 heteroatoms. The van der Waals surface area contributed by atoms with Gasteiger partial charge in [0.15, 0.2) is 5.82 Å². The Morgan fingerprint density at radius 2 is 1.63 bits per heavy atom. The molecular formula is C44H47F2N9O6S. The Kier molecular flexibility index (Phi) is 12.3. The summed E-state index contributed by atoms with van der Waals surface area (Å²) in [5.41, 5.74) is 2.27. The topological polar surface area (TPSA) is 190 Å². The molecular weight excluding hydrogens is 821 g/mol. The summed E-state index contributed by atoms with van der Waals surface area (Å²) < 4.78 is 57.1. The molecule has 0 aliphatic carbocycles. The van der Waals surface area contributed by atoms with E-state index < -0.39 is 44.7 Å². The first-order valence-electron chi connectivity index (χ1n) is 20.8. The molecule has 3 aliphatic heterocycles. The summed E-state index contributed by atoms with van der Waals surface area (Å²) in [6.45, 7) is 6.03. The fourth-order valence-corrected chi connectivity index (χ4v) is 9.47. The van der Waals surface area contributed by atoms with Crippen molar-refractivity contribution < 1.29 is 36.4 Å². The van der Waals surface area contributed by atoms with Crippen molar-refractivity contribution in [3.05, 3.63) is 102 Å². The predicted molar refractivity (Wildman–Crippen MR) is 230 cm³/mol. The molecule has 3 aromatic heterocycles. The van der Waals surface area contributed by atoms with Crippen LogP contribution in [0.5, 0.6) is 0 Å². The van der Waals surface area contributed by atoms with Crippen LogP contribution < -0.4 is 20.3 Å². The number of amides is 3. The summed E-state index contributed by atoms with van der Waals surface area (Å²) in [5.74, 6) is -2.97. The number of aromatic amines is 1. The van der Waals surface area contributed by atoms with Gasteiger partial charge in [-0.1, -0.05) is 19.1 Å². The van der Waals surface area contributed by atoms with Gasteiger partial charge in [-0.15, -0.1) is 0 Å². The quantitative estimate of drug-likeness (QED) is 0.0918. The van der Waals surface area contributed by atoms with Gasteiger partial charge in [0.05, 0.1) is 23.5 Å². The normalized spacial score (nSPS) is 17.9. The third kappa shape index (κ3) is 9.30. The van der Waals surface area contributed by atoms with Crippen molar-refractivity contribution in [2.45, 2.75) is 51.0 Å². The average Bonchev–Trinajstić information content (AvgIpc) is 3.70. The van der Waals surface area contributed by atoms with E-state index in [1.165, 1.54) is 11.8 Å². The van der Waals surface area contributed by atoms with Crippen molar-refractivity contribution >= 4 is 61.8 Å². The summed E-state index contributed by atoms with van der Waals surface area (Å²) in [6.07, 6.45) is 7.57. The molecule has 0 bridgehead atoms. The number of imide groups is 1. The molecule has 1 unspecified atom stereocenters. The summed E-state index contributed by atoms with van der Waals surface area (Å²) in [6, 6.07) is 14.9. The number of ketones is 1. The molecule has 62 heavy (non-hydrogen) atoms. The van der Waals surface area contributed by atoms with Crippen molar-refractivity contribution in [1.82, 2.24) is 30.1 Å². The van der Waals surface area contributed by atoms with Crippen LogP contribution in [0.1, 0.15) is 66.4 Å². The summed E-state index contributed by atoms with van der Waals surface area (Å²) in [7, 11) is -3.90. The van der Waals surface area contributed by atoms with Gasteiger partial charge in [0.1, 0.15) is 23.3 Å². The Bertz CT molecular complexity index is 2610. The van der Waals surface area contributed by atoms with Gasteiger partial charge in [-0.2, -0.15) is 0 Å². The van der Waals surface area contributed by atoms with Gasteiger partial charge in [-0.05, 0) is 92.7 Å². The molecule has 3 amide bonds. The second kappa shape index (κ2) is 18.0. The Morgan fingerprint density at radius 1 is 0.887 bits per heavy atom. The first kappa shape index (κ1) is 42.4. The van der Waals surface area contributed by atoms with E-state index in [9.17, 15) is 32.0 Å². The number of halogens is 2. The van der Waals surface area contributed by atoms with Gasteiger partial charge in [-0.25, -0.2) is 27.2 Å². The number of aromatic nitrogens is 3. The van der Waals surface area contributed by atoms with Crippen LogP contribution in [0, 0.1) is 11.6 Å². The number of piperazine rings is 1. The van der Waals surface area contributed by atoms with Crippen molar-refractivity contribution in [3.63, 3.8) is 0 Å². The monoisotopic (exact) mass is 867 g/mol. The molecule has 2 aromatic carbocycles. The van der Waals surface area contributed by atoms with Crippen LogP contribution in [0.2, 0.25) is 0 Å². The molecule has 1 atom stereocenters. The minimum atomic E-state index is -3.90. The number of fused-ring (bicyclic) bond motifs is 1. The lowest BCUT2D eigenvalue weighted by Gasteiger charge is -2.37. The second-order valence-corrected chi connectivity index (χ2v) is 17.8. The lowest BCUT2D eigenvalue weighted by molar-refractivity contribution is -0.134. The number of benzene rings is 2. The van der Waals surface area contributed by atoms with Crippen LogP contribution in [0.25, 0.3) is 22.2 Å². The van der Waals surface area contributed by atoms with Crippen LogP contribution in [0.3, 0.4) is 0 Å². The predicted octanol–water partition coefficient (Wildman–Crippen LogP) is 5.03. The first-order chi connectivity index (χ1) is 29.9. The number of H-pyrrole nitrogens is 1. The van der Waals surface area contributed by atoms with E-state index >= 15 is 4.39 Å². The van der Waals surface area contributed by atoms with E-state index in [0.717, 1.165) is 49.6 Å². The number of rotatable bonds is 13. The number of carbonyl (C=O) groups is 4. The fraction of sp³-hybridized carbons (Fsp3) is 0.364. The Balaban J connectivity index is 0.831. The number of anilines is 3. The molecule has 8 rings (SSSR count). The average molecular weight is 868 g/mol. The Hall–Kier alpha value is -6.27. The number of pyridine rings is 2. The molecule has 3 fully saturated rings. The minimum absolute atomic E-state index is 0.0348. The van der Waals surface area contributed by atoms with Crippen molar-refractivity contribution in [2.75, 3.05) is 66.5 Å². The highest BCUT2D eigenvalue weighted by Crippen LogP contribution is 2.32. The van der Waals surface area contributed by atoms with E-state index in [1.54, 1.807) is 25.4 Å². The maximum atomic E-state index is 15.5. The van der Waals surface area contributed by atoms with Crippen LogP contribution in [-0.2, 0) is 24.4 Å². The zero-order valence-electron chi connectivity index (χ0n) is 34.1. The highest BCUT2D eigenvalue weighted by atomic mass is 32.2. The smallest absolute Gasteiger partial charge is 0.249 e. The third-order valence-corrected chi connectivity index (χ3v) is 13.3. The number of hydrogen-bond acceptors (Lipinski definition) is 11. The van der Waals surface area contributed by atoms with Gasteiger partial charge < -0.3 is 20.1 Å². The second-order valence-electron chi connectivity index (χ2n) is 15.9. The molecule has 0 saturated carbocycles. The van der Waals surface area contributed by atoms with E-state index in [0.29, 0.717) is 73.6 Å². The van der Waals surface area contributed by atoms with Crippen molar-refractivity contribution in [3.8, 4) is 11.1 Å². The summed E-state index contributed by atoms with van der Waals surface area (Å²) >= 11 is 0. The van der Waals surface area contributed by atoms with E-state index in [2.05, 4.69) is 52.2 Å². The number of likely N-dealkylation sites (tertiary alicyclic amines) is 1. The van der Waals surface area contributed by atoms with Gasteiger partial charge >= 0.3 is 0 Å². The van der Waals surface area contributed by atoms with Crippen LogP contribution in [0.15, 0.2) is 73.2 Å². The van der Waals surface area contributed by atoms with Crippen molar-refractivity contribution in [2.24, 2.45) is 0 Å². The molecule has 15 nitrogen and oxygen atoms in total. The lowest BCUT2D eigenvalue weighted by atomic mass is 9.89. The number of sulfonamides is 1. The molecule has 0 spiro atoms.